The summed E-state index contributed by atoms with van der Waals surface area (Å²) in [7, 11) is 0. The van der Waals surface area contributed by atoms with Crippen LogP contribution in [0.15, 0.2) is 36.4 Å². The Hall–Kier alpha value is -2.93. The number of carbonyl (C=O) groups is 3. The summed E-state index contributed by atoms with van der Waals surface area (Å²) in [6, 6.07) is 9.27. The maximum atomic E-state index is 12.6. The van der Waals surface area contributed by atoms with Gasteiger partial charge in [-0.15, -0.1) is 0 Å². The lowest BCUT2D eigenvalue weighted by Gasteiger charge is -2.20. The van der Waals surface area contributed by atoms with Gasteiger partial charge in [0, 0.05) is 0 Å². The molecule has 0 bridgehead atoms. The fraction of sp³-hybridized carbons (Fsp3) is 0.188. The number of aromatic nitrogens is 1. The lowest BCUT2D eigenvalue weighted by atomic mass is 10.1. The minimum atomic E-state index is -0.677. The third-order valence-corrected chi connectivity index (χ3v) is 3.55. The van der Waals surface area contributed by atoms with E-state index in [9.17, 15) is 19.5 Å². The number of nitrogens with zero attached hydrogens (tertiary/aromatic N) is 2. The number of imide groups is 1. The molecule has 0 fully saturated rings. The molecule has 118 valence electrons. The normalized spacial score (nSPS) is 13.4. The van der Waals surface area contributed by atoms with Crippen molar-refractivity contribution in [2.75, 3.05) is 11.6 Å². The molecular weight excluding hydrogens is 300 g/mol. The summed E-state index contributed by atoms with van der Waals surface area (Å²) in [6.45, 7) is 1.37. The highest BCUT2D eigenvalue weighted by atomic mass is 16.5. The molecule has 0 saturated heterocycles. The summed E-state index contributed by atoms with van der Waals surface area (Å²) < 4.78 is 6.06. The van der Waals surface area contributed by atoms with Gasteiger partial charge in [-0.1, -0.05) is 12.1 Å². The number of aliphatic hydroxyl groups is 1. The highest BCUT2D eigenvalue weighted by Crippen LogP contribution is 2.24. The molecule has 23 heavy (non-hydrogen) atoms. The van der Waals surface area contributed by atoms with E-state index in [-0.39, 0.29) is 29.1 Å². The highest BCUT2D eigenvalue weighted by molar-refractivity contribution is 6.30. The van der Waals surface area contributed by atoms with Crippen LogP contribution >= 0.6 is 0 Å². The molecule has 0 spiro atoms. The number of hydrogen-bond donors (Lipinski definition) is 1. The van der Waals surface area contributed by atoms with Crippen molar-refractivity contribution in [1.82, 2.24) is 4.68 Å². The summed E-state index contributed by atoms with van der Waals surface area (Å²) in [6.07, 6.45) is 0. The van der Waals surface area contributed by atoms with Crippen molar-refractivity contribution in [2.45, 2.75) is 13.5 Å². The second kappa shape index (κ2) is 5.69. The molecule has 2 aromatic rings. The van der Waals surface area contributed by atoms with Gasteiger partial charge in [0.1, 0.15) is 5.69 Å². The molecule has 2 heterocycles. The highest BCUT2D eigenvalue weighted by Gasteiger charge is 2.39. The number of benzene rings is 1. The standard InChI is InChI=1S/C16H14N2O5/c1-2-23-16(22)13-8-7-10(9-19)17(13)18-14(20)11-5-3-4-6-12(11)15(18)21/h3-8,19H,2,9H2,1H3. The van der Waals surface area contributed by atoms with Gasteiger partial charge in [-0.3, -0.25) is 9.59 Å². The number of rotatable bonds is 4. The molecule has 3 rings (SSSR count). The smallest absolute Gasteiger partial charge is 0.356 e. The fourth-order valence-corrected chi connectivity index (χ4v) is 2.54. The molecule has 2 amide bonds. The van der Waals surface area contributed by atoms with Gasteiger partial charge in [-0.05, 0) is 31.2 Å². The summed E-state index contributed by atoms with van der Waals surface area (Å²) >= 11 is 0. The molecule has 0 saturated carbocycles. The number of hydrogen-bond acceptors (Lipinski definition) is 5. The molecule has 1 N–H and O–H groups in total. The Kier molecular flexibility index (Phi) is 3.71. The van der Waals surface area contributed by atoms with E-state index >= 15 is 0 Å². The Morgan fingerprint density at radius 2 is 1.70 bits per heavy atom. The Balaban J connectivity index is 2.13. The third-order valence-electron chi connectivity index (χ3n) is 3.55. The zero-order chi connectivity index (χ0) is 16.6. The molecule has 0 aliphatic carbocycles. The van der Waals surface area contributed by atoms with Crippen LogP contribution in [0.2, 0.25) is 0 Å². The Bertz CT molecular complexity index is 774. The fourth-order valence-electron chi connectivity index (χ4n) is 2.54. The average Bonchev–Trinajstić information content (AvgIpc) is 3.08. The first-order chi connectivity index (χ1) is 11.1. The molecule has 0 radical (unpaired) electrons. The summed E-state index contributed by atoms with van der Waals surface area (Å²) in [5.41, 5.74) is 0.753. The minimum Gasteiger partial charge on any atom is -0.461 e. The zero-order valence-electron chi connectivity index (χ0n) is 12.4. The minimum absolute atomic E-state index is 0.00501. The van der Waals surface area contributed by atoms with E-state index in [4.69, 9.17) is 4.74 Å². The lowest BCUT2D eigenvalue weighted by Crippen LogP contribution is -2.42. The van der Waals surface area contributed by atoms with Crippen molar-refractivity contribution >= 4 is 17.8 Å². The first-order valence-corrected chi connectivity index (χ1v) is 7.06. The molecule has 7 heteroatoms. The lowest BCUT2D eigenvalue weighted by molar-refractivity contribution is 0.0513. The van der Waals surface area contributed by atoms with Crippen molar-refractivity contribution < 1.29 is 24.2 Å². The van der Waals surface area contributed by atoms with E-state index in [1.165, 1.54) is 12.1 Å². The SMILES string of the molecule is CCOC(=O)c1ccc(CO)n1N1C(=O)c2ccccc2C1=O. The van der Waals surface area contributed by atoms with Gasteiger partial charge in [-0.2, -0.15) is 5.01 Å². The Morgan fingerprint density at radius 3 is 2.22 bits per heavy atom. The van der Waals surface area contributed by atoms with Crippen LogP contribution in [0.4, 0.5) is 0 Å². The predicted octanol–water partition coefficient (Wildman–Crippen LogP) is 1.09. The first kappa shape index (κ1) is 15.0. The second-order valence-corrected chi connectivity index (χ2v) is 4.87. The topological polar surface area (TPSA) is 88.8 Å². The summed E-state index contributed by atoms with van der Waals surface area (Å²) in [5.74, 6) is -1.78. The predicted molar refractivity (Wildman–Crippen MR) is 79.6 cm³/mol. The molecule has 1 aromatic heterocycles. The number of esters is 1. The van der Waals surface area contributed by atoms with Crippen LogP contribution < -0.4 is 5.01 Å². The third kappa shape index (κ3) is 2.22. The van der Waals surface area contributed by atoms with E-state index in [0.29, 0.717) is 0 Å². The van der Waals surface area contributed by atoms with Gasteiger partial charge in [0.15, 0.2) is 0 Å². The average molecular weight is 314 g/mol. The van der Waals surface area contributed by atoms with Crippen LogP contribution in [0.3, 0.4) is 0 Å². The van der Waals surface area contributed by atoms with E-state index in [1.54, 1.807) is 31.2 Å². The molecule has 7 nitrogen and oxygen atoms in total. The Morgan fingerprint density at radius 1 is 1.09 bits per heavy atom. The largest absolute Gasteiger partial charge is 0.461 e. The van der Waals surface area contributed by atoms with Crippen LogP contribution in [-0.4, -0.2) is 34.2 Å². The zero-order valence-corrected chi connectivity index (χ0v) is 12.4. The van der Waals surface area contributed by atoms with Crippen LogP contribution in [0.5, 0.6) is 0 Å². The van der Waals surface area contributed by atoms with Crippen molar-refractivity contribution in [3.05, 3.63) is 58.9 Å². The van der Waals surface area contributed by atoms with Crippen molar-refractivity contribution in [1.29, 1.82) is 0 Å². The van der Waals surface area contributed by atoms with Gasteiger partial charge < -0.3 is 9.84 Å². The van der Waals surface area contributed by atoms with Crippen molar-refractivity contribution in [3.8, 4) is 0 Å². The molecule has 0 atom stereocenters. The maximum absolute atomic E-state index is 12.6. The summed E-state index contributed by atoms with van der Waals surface area (Å²) in [5, 5.41) is 10.3. The van der Waals surface area contributed by atoms with Gasteiger partial charge in [-0.25, -0.2) is 9.47 Å². The maximum Gasteiger partial charge on any atom is 0.356 e. The van der Waals surface area contributed by atoms with Gasteiger partial charge in [0.25, 0.3) is 11.8 Å². The second-order valence-electron chi connectivity index (χ2n) is 4.87. The van der Waals surface area contributed by atoms with E-state index in [2.05, 4.69) is 0 Å². The van der Waals surface area contributed by atoms with E-state index in [0.717, 1.165) is 9.69 Å². The van der Waals surface area contributed by atoms with Crippen molar-refractivity contribution in [3.63, 3.8) is 0 Å². The number of aliphatic hydroxyl groups excluding tert-OH is 1. The van der Waals surface area contributed by atoms with Crippen molar-refractivity contribution in [2.24, 2.45) is 0 Å². The molecular formula is C16H14N2O5. The number of amides is 2. The van der Waals surface area contributed by atoms with Gasteiger partial charge in [0.05, 0.1) is 30.0 Å². The number of fused-ring (bicyclic) bond motifs is 1. The number of carbonyl (C=O) groups excluding carboxylic acids is 3. The summed E-state index contributed by atoms with van der Waals surface area (Å²) in [4.78, 5) is 37.2. The van der Waals surface area contributed by atoms with Crippen LogP contribution in [0, 0.1) is 0 Å². The van der Waals surface area contributed by atoms with E-state index in [1.807, 2.05) is 0 Å². The quantitative estimate of drug-likeness (QED) is 0.674. The van der Waals surface area contributed by atoms with Crippen LogP contribution in [0.25, 0.3) is 0 Å². The molecule has 1 aliphatic heterocycles. The molecule has 1 aliphatic rings. The van der Waals surface area contributed by atoms with Crippen LogP contribution in [-0.2, 0) is 11.3 Å². The molecule has 1 aromatic carbocycles. The first-order valence-electron chi connectivity index (χ1n) is 7.06. The van der Waals surface area contributed by atoms with Gasteiger partial charge in [0.2, 0.25) is 0 Å². The monoisotopic (exact) mass is 314 g/mol. The Labute approximate surface area is 131 Å². The van der Waals surface area contributed by atoms with Crippen LogP contribution in [0.1, 0.15) is 43.8 Å². The van der Waals surface area contributed by atoms with E-state index < -0.39 is 24.4 Å². The number of ether oxygens (including phenoxy) is 1. The molecule has 0 unspecified atom stereocenters. The van der Waals surface area contributed by atoms with Gasteiger partial charge >= 0.3 is 5.97 Å².